The SMILES string of the molecule is COCCC(C)NS(=O)(=O)c1ccc(C(=O)O)cc1F. The molecule has 0 amide bonds. The molecule has 8 heteroatoms. The molecule has 0 heterocycles. The van der Waals surface area contributed by atoms with E-state index in [2.05, 4.69) is 4.72 Å². The summed E-state index contributed by atoms with van der Waals surface area (Å²) in [6.07, 6.45) is 0.435. The third-order valence-corrected chi connectivity index (χ3v) is 4.20. The molecule has 0 aromatic heterocycles. The maximum Gasteiger partial charge on any atom is 0.335 e. The van der Waals surface area contributed by atoms with Crippen molar-refractivity contribution in [3.05, 3.63) is 29.6 Å². The first kappa shape index (κ1) is 16.5. The van der Waals surface area contributed by atoms with Gasteiger partial charge in [-0.2, -0.15) is 0 Å². The molecule has 1 atom stereocenters. The highest BCUT2D eigenvalue weighted by Gasteiger charge is 2.22. The Hall–Kier alpha value is -1.51. The minimum atomic E-state index is -4.04. The molecule has 1 rings (SSSR count). The Balaban J connectivity index is 2.95. The highest BCUT2D eigenvalue weighted by atomic mass is 32.2. The Morgan fingerprint density at radius 2 is 2.15 bits per heavy atom. The van der Waals surface area contributed by atoms with Gasteiger partial charge in [0.1, 0.15) is 10.7 Å². The monoisotopic (exact) mass is 305 g/mol. The number of benzene rings is 1. The first-order valence-electron chi connectivity index (χ1n) is 5.82. The standard InChI is InChI=1S/C12H16FNO5S/c1-8(5-6-19-2)14-20(17,18)11-4-3-9(12(15)16)7-10(11)13/h3-4,7-8,14H,5-6H2,1-2H3,(H,15,16). The molecule has 1 unspecified atom stereocenters. The summed E-state index contributed by atoms with van der Waals surface area (Å²) in [7, 11) is -2.54. The van der Waals surface area contributed by atoms with Gasteiger partial charge in [0.05, 0.1) is 5.56 Å². The normalized spacial score (nSPS) is 13.2. The second-order valence-corrected chi connectivity index (χ2v) is 5.94. The summed E-state index contributed by atoms with van der Waals surface area (Å²) in [5.41, 5.74) is -0.311. The zero-order valence-electron chi connectivity index (χ0n) is 11.1. The van der Waals surface area contributed by atoms with Gasteiger partial charge in [-0.15, -0.1) is 0 Å². The van der Waals surface area contributed by atoms with Crippen molar-refractivity contribution < 1.29 is 27.4 Å². The van der Waals surface area contributed by atoms with Gasteiger partial charge >= 0.3 is 5.97 Å². The van der Waals surface area contributed by atoms with Gasteiger partial charge in [-0.05, 0) is 31.5 Å². The number of methoxy groups -OCH3 is 1. The zero-order valence-corrected chi connectivity index (χ0v) is 11.9. The molecule has 0 saturated heterocycles. The van der Waals surface area contributed by atoms with Crippen molar-refractivity contribution in [1.82, 2.24) is 4.72 Å². The quantitative estimate of drug-likeness (QED) is 0.790. The van der Waals surface area contributed by atoms with E-state index in [9.17, 15) is 17.6 Å². The second kappa shape index (κ2) is 6.78. The van der Waals surface area contributed by atoms with Crippen LogP contribution in [0, 0.1) is 5.82 Å². The van der Waals surface area contributed by atoms with E-state index in [-0.39, 0.29) is 5.56 Å². The molecule has 0 saturated carbocycles. The fourth-order valence-corrected chi connectivity index (χ4v) is 2.87. The summed E-state index contributed by atoms with van der Waals surface area (Å²) in [6.45, 7) is 1.99. The van der Waals surface area contributed by atoms with Gasteiger partial charge in [0.25, 0.3) is 0 Å². The number of carboxylic acids is 1. The highest BCUT2D eigenvalue weighted by Crippen LogP contribution is 2.16. The van der Waals surface area contributed by atoms with Crippen LogP contribution in [-0.2, 0) is 14.8 Å². The minimum Gasteiger partial charge on any atom is -0.478 e. The number of sulfonamides is 1. The molecule has 2 N–H and O–H groups in total. The van der Waals surface area contributed by atoms with E-state index in [1.165, 1.54) is 7.11 Å². The van der Waals surface area contributed by atoms with Crippen molar-refractivity contribution >= 4 is 16.0 Å². The van der Waals surface area contributed by atoms with E-state index in [4.69, 9.17) is 9.84 Å². The van der Waals surface area contributed by atoms with E-state index < -0.39 is 32.7 Å². The molecule has 1 aromatic carbocycles. The first-order valence-corrected chi connectivity index (χ1v) is 7.30. The lowest BCUT2D eigenvalue weighted by Gasteiger charge is -2.14. The molecule has 0 bridgehead atoms. The summed E-state index contributed by atoms with van der Waals surface area (Å²) in [6, 6.07) is 2.22. The average molecular weight is 305 g/mol. The van der Waals surface area contributed by atoms with Crippen molar-refractivity contribution in [3.63, 3.8) is 0 Å². The maximum absolute atomic E-state index is 13.7. The Morgan fingerprint density at radius 1 is 1.50 bits per heavy atom. The Labute approximate surface area is 116 Å². The fraction of sp³-hybridized carbons (Fsp3) is 0.417. The van der Waals surface area contributed by atoms with Gasteiger partial charge in [-0.25, -0.2) is 22.3 Å². The molecule has 0 radical (unpaired) electrons. The van der Waals surface area contributed by atoms with Gasteiger partial charge < -0.3 is 9.84 Å². The summed E-state index contributed by atoms with van der Waals surface area (Å²) >= 11 is 0. The Bertz CT molecular complexity index is 588. The third kappa shape index (κ3) is 4.26. The number of carbonyl (C=O) groups is 1. The van der Waals surface area contributed by atoms with Crippen LogP contribution in [0.15, 0.2) is 23.1 Å². The molecule has 1 aromatic rings. The first-order chi connectivity index (χ1) is 9.27. The molecule has 6 nitrogen and oxygen atoms in total. The van der Waals surface area contributed by atoms with Crippen molar-refractivity contribution in [2.24, 2.45) is 0 Å². The zero-order chi connectivity index (χ0) is 15.3. The largest absolute Gasteiger partial charge is 0.478 e. The van der Waals surface area contributed by atoms with Gasteiger partial charge in [0.2, 0.25) is 10.0 Å². The van der Waals surface area contributed by atoms with Crippen molar-refractivity contribution in [3.8, 4) is 0 Å². The highest BCUT2D eigenvalue weighted by molar-refractivity contribution is 7.89. The van der Waals surface area contributed by atoms with Crippen LogP contribution >= 0.6 is 0 Å². The van der Waals surface area contributed by atoms with Crippen LogP contribution in [0.1, 0.15) is 23.7 Å². The third-order valence-electron chi connectivity index (χ3n) is 2.58. The molecular formula is C12H16FNO5S. The van der Waals surface area contributed by atoms with Gasteiger partial charge in [-0.1, -0.05) is 0 Å². The van der Waals surface area contributed by atoms with Crippen molar-refractivity contribution in [2.75, 3.05) is 13.7 Å². The number of hydrogen-bond acceptors (Lipinski definition) is 4. The molecule has 20 heavy (non-hydrogen) atoms. The number of ether oxygens (including phenoxy) is 1. The topological polar surface area (TPSA) is 92.7 Å². The van der Waals surface area contributed by atoms with Crippen molar-refractivity contribution in [1.29, 1.82) is 0 Å². The summed E-state index contributed by atoms with van der Waals surface area (Å²) < 4.78 is 44.8. The van der Waals surface area contributed by atoms with Gasteiger partial charge in [0.15, 0.2) is 0 Å². The van der Waals surface area contributed by atoms with E-state index in [1.807, 2.05) is 0 Å². The smallest absolute Gasteiger partial charge is 0.335 e. The van der Waals surface area contributed by atoms with Crippen LogP contribution in [0.2, 0.25) is 0 Å². The number of nitrogens with one attached hydrogen (secondary N) is 1. The molecular weight excluding hydrogens is 289 g/mol. The Morgan fingerprint density at radius 3 is 2.65 bits per heavy atom. The molecule has 112 valence electrons. The Kier molecular flexibility index (Phi) is 5.61. The summed E-state index contributed by atoms with van der Waals surface area (Å²) in [5, 5.41) is 8.70. The number of aromatic carboxylic acids is 1. The van der Waals surface area contributed by atoms with Gasteiger partial charge in [-0.3, -0.25) is 0 Å². The number of hydrogen-bond donors (Lipinski definition) is 2. The maximum atomic E-state index is 13.7. The molecule has 0 fully saturated rings. The molecule has 0 aliphatic rings. The lowest BCUT2D eigenvalue weighted by molar-refractivity contribution is 0.0696. The summed E-state index contributed by atoms with van der Waals surface area (Å²) in [4.78, 5) is 10.1. The van der Waals surface area contributed by atoms with Crippen LogP contribution in [0.5, 0.6) is 0 Å². The number of halogens is 1. The van der Waals surface area contributed by atoms with Crippen LogP contribution < -0.4 is 4.72 Å². The summed E-state index contributed by atoms with van der Waals surface area (Å²) in [5.74, 6) is -2.43. The van der Waals surface area contributed by atoms with Crippen LogP contribution in [0.4, 0.5) is 4.39 Å². The van der Waals surface area contributed by atoms with Crippen molar-refractivity contribution in [2.45, 2.75) is 24.3 Å². The fourth-order valence-electron chi connectivity index (χ4n) is 1.53. The van der Waals surface area contributed by atoms with Crippen LogP contribution in [-0.4, -0.2) is 39.3 Å². The predicted molar refractivity (Wildman–Crippen MR) is 69.6 cm³/mol. The van der Waals surface area contributed by atoms with E-state index in [1.54, 1.807) is 6.92 Å². The van der Waals surface area contributed by atoms with E-state index in [0.717, 1.165) is 12.1 Å². The van der Waals surface area contributed by atoms with Crippen LogP contribution in [0.25, 0.3) is 0 Å². The van der Waals surface area contributed by atoms with E-state index >= 15 is 0 Å². The van der Waals surface area contributed by atoms with Crippen LogP contribution in [0.3, 0.4) is 0 Å². The molecule has 0 spiro atoms. The van der Waals surface area contributed by atoms with Gasteiger partial charge in [0, 0.05) is 19.8 Å². The molecule has 0 aliphatic carbocycles. The lowest BCUT2D eigenvalue weighted by atomic mass is 10.2. The second-order valence-electron chi connectivity index (χ2n) is 4.25. The average Bonchev–Trinajstić information content (AvgIpc) is 2.35. The number of carboxylic acid groups (broad SMARTS) is 1. The number of rotatable bonds is 7. The van der Waals surface area contributed by atoms with E-state index in [0.29, 0.717) is 19.1 Å². The predicted octanol–water partition coefficient (Wildman–Crippen LogP) is 1.23. The molecule has 0 aliphatic heterocycles. The minimum absolute atomic E-state index is 0.311. The lowest BCUT2D eigenvalue weighted by Crippen LogP contribution is -2.33.